The van der Waals surface area contributed by atoms with Crippen molar-refractivity contribution in [3.05, 3.63) is 69.2 Å². The van der Waals surface area contributed by atoms with Crippen LogP contribution in [0.5, 0.6) is 0 Å². The molecule has 4 rings (SSSR count). The fraction of sp³-hybridized carbons (Fsp3) is 0.300. The van der Waals surface area contributed by atoms with Gasteiger partial charge in [-0.15, -0.1) is 0 Å². The molecule has 1 saturated heterocycles. The first-order valence-corrected chi connectivity index (χ1v) is 10.7. The predicted molar refractivity (Wildman–Crippen MR) is 112 cm³/mol. The number of piperazine rings is 1. The maximum absolute atomic E-state index is 13.2. The summed E-state index contributed by atoms with van der Waals surface area (Å²) in [6.07, 6.45) is 0. The Balaban J connectivity index is 1.65. The minimum absolute atomic E-state index is 0.117. The van der Waals surface area contributed by atoms with Gasteiger partial charge in [-0.3, -0.25) is 9.59 Å². The fourth-order valence-corrected chi connectivity index (χ4v) is 5.14. The fourth-order valence-electron chi connectivity index (χ4n) is 3.70. The molecular weight excluding hydrogens is 392 g/mol. The Bertz CT molecular complexity index is 1290. The van der Waals surface area contributed by atoms with E-state index in [1.54, 1.807) is 6.07 Å². The van der Waals surface area contributed by atoms with E-state index in [1.165, 1.54) is 39.7 Å². The highest BCUT2D eigenvalue weighted by molar-refractivity contribution is 7.89. The molecule has 0 bridgehead atoms. The second kappa shape index (κ2) is 7.16. The Hall–Kier alpha value is -2.91. The summed E-state index contributed by atoms with van der Waals surface area (Å²) in [5.41, 5.74) is 0.649. The van der Waals surface area contributed by atoms with Crippen LogP contribution in [-0.2, 0) is 24.1 Å². The van der Waals surface area contributed by atoms with E-state index < -0.39 is 21.1 Å². The Kier molecular flexibility index (Phi) is 4.79. The monoisotopic (exact) mass is 414 g/mol. The van der Waals surface area contributed by atoms with Gasteiger partial charge in [-0.25, -0.2) is 8.42 Å². The first kappa shape index (κ1) is 19.4. The number of sulfonamides is 1. The Labute approximate surface area is 168 Å². The normalized spacial score (nSPS) is 15.7. The van der Waals surface area contributed by atoms with Crippen LogP contribution < -0.4 is 16.0 Å². The summed E-state index contributed by atoms with van der Waals surface area (Å²) < 4.78 is 30.3. The highest BCUT2D eigenvalue weighted by Crippen LogP contribution is 2.23. The lowest BCUT2D eigenvalue weighted by molar-refractivity contribution is 0.385. The molecule has 9 heteroatoms. The van der Waals surface area contributed by atoms with E-state index in [-0.39, 0.29) is 4.90 Å². The average Bonchev–Trinajstić information content (AvgIpc) is 2.76. The van der Waals surface area contributed by atoms with Gasteiger partial charge >= 0.3 is 11.1 Å². The van der Waals surface area contributed by atoms with Crippen molar-refractivity contribution < 1.29 is 8.42 Å². The molecule has 0 radical (unpaired) electrons. The van der Waals surface area contributed by atoms with Gasteiger partial charge in [0.1, 0.15) is 0 Å². The van der Waals surface area contributed by atoms with E-state index in [2.05, 4.69) is 4.90 Å². The van der Waals surface area contributed by atoms with Crippen molar-refractivity contribution in [1.29, 1.82) is 0 Å². The summed E-state index contributed by atoms with van der Waals surface area (Å²) in [7, 11) is -0.731. The number of hydrogen-bond donors (Lipinski definition) is 0. The second-order valence-electron chi connectivity index (χ2n) is 7.11. The van der Waals surface area contributed by atoms with Gasteiger partial charge in [0.2, 0.25) is 10.0 Å². The number of aryl methyl sites for hydroxylation is 2. The maximum Gasteiger partial charge on any atom is 0.316 e. The first-order chi connectivity index (χ1) is 13.8. The van der Waals surface area contributed by atoms with Crippen LogP contribution in [0, 0.1) is 0 Å². The molecule has 0 atom stereocenters. The van der Waals surface area contributed by atoms with Crippen molar-refractivity contribution in [3.63, 3.8) is 0 Å². The van der Waals surface area contributed by atoms with E-state index in [0.29, 0.717) is 37.2 Å². The molecule has 3 aromatic rings. The number of fused-ring (bicyclic) bond motifs is 1. The van der Waals surface area contributed by atoms with E-state index >= 15 is 0 Å². The van der Waals surface area contributed by atoms with Gasteiger partial charge in [0.15, 0.2) is 0 Å². The van der Waals surface area contributed by atoms with E-state index in [9.17, 15) is 18.0 Å². The van der Waals surface area contributed by atoms with Crippen LogP contribution in [0.25, 0.3) is 11.0 Å². The van der Waals surface area contributed by atoms with Crippen LogP contribution in [-0.4, -0.2) is 48.0 Å². The predicted octanol–water partition coefficient (Wildman–Crippen LogP) is 0.748. The highest BCUT2D eigenvalue weighted by Gasteiger charge is 2.29. The molecule has 0 saturated carbocycles. The molecule has 152 valence electrons. The van der Waals surface area contributed by atoms with Crippen molar-refractivity contribution in [2.75, 3.05) is 31.1 Å². The summed E-state index contributed by atoms with van der Waals surface area (Å²) in [6, 6.07) is 14.4. The Morgan fingerprint density at radius 1 is 0.759 bits per heavy atom. The molecule has 8 nitrogen and oxygen atoms in total. The zero-order valence-electron chi connectivity index (χ0n) is 16.3. The molecule has 0 N–H and O–H groups in total. The average molecular weight is 414 g/mol. The Morgan fingerprint density at radius 2 is 1.34 bits per heavy atom. The number of para-hydroxylation sites is 1. The third kappa shape index (κ3) is 3.26. The summed E-state index contributed by atoms with van der Waals surface area (Å²) in [6.45, 7) is 1.95. The van der Waals surface area contributed by atoms with Crippen molar-refractivity contribution in [1.82, 2.24) is 13.4 Å². The zero-order valence-corrected chi connectivity index (χ0v) is 17.1. The van der Waals surface area contributed by atoms with Gasteiger partial charge in [0.05, 0.1) is 15.9 Å². The van der Waals surface area contributed by atoms with Crippen LogP contribution in [0.15, 0.2) is 63.0 Å². The lowest BCUT2D eigenvalue weighted by Gasteiger charge is -2.35. The lowest BCUT2D eigenvalue weighted by Crippen LogP contribution is -2.48. The van der Waals surface area contributed by atoms with Gasteiger partial charge in [0.25, 0.3) is 0 Å². The number of benzene rings is 2. The lowest BCUT2D eigenvalue weighted by atomic mass is 10.2. The molecule has 0 spiro atoms. The smallest absolute Gasteiger partial charge is 0.316 e. The quantitative estimate of drug-likeness (QED) is 0.591. The van der Waals surface area contributed by atoms with Gasteiger partial charge in [-0.05, 0) is 30.3 Å². The van der Waals surface area contributed by atoms with Crippen LogP contribution in [0.1, 0.15) is 0 Å². The molecule has 1 aliphatic heterocycles. The number of hydrogen-bond acceptors (Lipinski definition) is 5. The molecule has 2 aromatic carbocycles. The zero-order chi connectivity index (χ0) is 20.8. The number of anilines is 1. The Morgan fingerprint density at radius 3 is 1.97 bits per heavy atom. The number of rotatable bonds is 3. The summed E-state index contributed by atoms with van der Waals surface area (Å²) in [5, 5.41) is 0. The van der Waals surface area contributed by atoms with Gasteiger partial charge in [0, 0.05) is 46.0 Å². The standard InChI is InChI=1S/C20H22N4O4S/c1-21-17-9-8-16(14-18(17)22(2)20(26)19(21)25)29(27,28)24-12-10-23(11-13-24)15-6-4-3-5-7-15/h3-9,14H,10-13H2,1-2H3. The molecule has 1 aromatic heterocycles. The van der Waals surface area contributed by atoms with Crippen LogP contribution in [0.4, 0.5) is 5.69 Å². The summed E-state index contributed by atoms with van der Waals surface area (Å²) >= 11 is 0. The maximum atomic E-state index is 13.2. The van der Waals surface area contributed by atoms with Crippen LogP contribution >= 0.6 is 0 Å². The molecule has 1 aliphatic rings. The summed E-state index contributed by atoms with van der Waals surface area (Å²) in [4.78, 5) is 26.4. The van der Waals surface area contributed by atoms with E-state index in [1.807, 2.05) is 30.3 Å². The third-order valence-electron chi connectivity index (χ3n) is 5.46. The molecule has 1 fully saturated rings. The van der Waals surface area contributed by atoms with Crippen molar-refractivity contribution >= 4 is 26.7 Å². The van der Waals surface area contributed by atoms with Gasteiger partial charge in [-0.2, -0.15) is 4.31 Å². The summed E-state index contributed by atoms with van der Waals surface area (Å²) in [5.74, 6) is 0. The molecule has 29 heavy (non-hydrogen) atoms. The van der Waals surface area contributed by atoms with Crippen molar-refractivity contribution in [2.24, 2.45) is 14.1 Å². The minimum atomic E-state index is -3.71. The molecule has 2 heterocycles. The minimum Gasteiger partial charge on any atom is -0.369 e. The largest absolute Gasteiger partial charge is 0.369 e. The molecular formula is C20H22N4O4S. The molecule has 0 aliphatic carbocycles. The van der Waals surface area contributed by atoms with Crippen molar-refractivity contribution in [2.45, 2.75) is 4.90 Å². The van der Waals surface area contributed by atoms with Crippen LogP contribution in [0.3, 0.4) is 0 Å². The van der Waals surface area contributed by atoms with Crippen molar-refractivity contribution in [3.8, 4) is 0 Å². The van der Waals surface area contributed by atoms with Crippen LogP contribution in [0.2, 0.25) is 0 Å². The number of nitrogens with zero attached hydrogens (tertiary/aromatic N) is 4. The van der Waals surface area contributed by atoms with Gasteiger partial charge < -0.3 is 14.0 Å². The third-order valence-corrected chi connectivity index (χ3v) is 7.35. The number of aromatic nitrogens is 2. The van der Waals surface area contributed by atoms with E-state index in [0.717, 1.165) is 5.69 Å². The highest BCUT2D eigenvalue weighted by atomic mass is 32.2. The molecule has 0 unspecified atom stereocenters. The van der Waals surface area contributed by atoms with E-state index in [4.69, 9.17) is 0 Å². The first-order valence-electron chi connectivity index (χ1n) is 9.30. The van der Waals surface area contributed by atoms with Gasteiger partial charge in [-0.1, -0.05) is 18.2 Å². The topological polar surface area (TPSA) is 84.6 Å². The molecule has 0 amide bonds. The second-order valence-corrected chi connectivity index (χ2v) is 9.04. The SMILES string of the molecule is Cn1c(=O)c(=O)n(C)c2cc(S(=O)(=O)N3CCN(c4ccccc4)CC3)ccc21.